The van der Waals surface area contributed by atoms with E-state index < -0.39 is 0 Å². The fraction of sp³-hybridized carbons (Fsp3) is 0.182. The van der Waals surface area contributed by atoms with Gasteiger partial charge in [0.2, 0.25) is 0 Å². The molecule has 0 spiro atoms. The maximum atomic E-state index is 11.3. The Hall–Kier alpha value is -1.95. The van der Waals surface area contributed by atoms with E-state index in [4.69, 9.17) is 0 Å². The van der Waals surface area contributed by atoms with E-state index in [1.165, 1.54) is 11.5 Å². The Morgan fingerprint density at radius 2 is 2.12 bits per heavy atom. The maximum absolute atomic E-state index is 11.3. The fourth-order valence-corrected chi connectivity index (χ4v) is 1.87. The first-order chi connectivity index (χ1) is 8.29. The summed E-state index contributed by atoms with van der Waals surface area (Å²) >= 11 is 1.34. The molecule has 0 unspecified atom stereocenters. The summed E-state index contributed by atoms with van der Waals surface area (Å²) in [5, 5.41) is 9.19. The molecule has 0 saturated heterocycles. The molecule has 1 aromatic heterocycles. The second-order valence-corrected chi connectivity index (χ2v) is 4.13. The lowest BCUT2D eigenvalue weighted by Crippen LogP contribution is -2.28. The zero-order chi connectivity index (χ0) is 12.1. The fourth-order valence-electron chi connectivity index (χ4n) is 1.35. The third-order valence-electron chi connectivity index (χ3n) is 2.13. The van der Waals surface area contributed by atoms with Gasteiger partial charge >= 0.3 is 6.03 Å². The SMILES string of the molecule is CCNC(=O)Nc1ccc(-c2cnns2)cc1. The van der Waals surface area contributed by atoms with Gasteiger partial charge in [0.1, 0.15) is 0 Å². The number of carbonyl (C=O) groups is 1. The lowest BCUT2D eigenvalue weighted by atomic mass is 10.2. The summed E-state index contributed by atoms with van der Waals surface area (Å²) in [6.45, 7) is 2.48. The molecule has 88 valence electrons. The standard InChI is InChI=1S/C11H12N4OS/c1-2-12-11(16)14-9-5-3-8(4-6-9)10-7-13-15-17-10/h3-7H,2H2,1H3,(H2,12,14,16). The Morgan fingerprint density at radius 1 is 1.35 bits per heavy atom. The number of aromatic nitrogens is 2. The van der Waals surface area contributed by atoms with E-state index in [9.17, 15) is 4.79 Å². The van der Waals surface area contributed by atoms with E-state index in [-0.39, 0.29) is 6.03 Å². The Kier molecular flexibility index (Phi) is 3.66. The van der Waals surface area contributed by atoms with Crippen LogP contribution in [0, 0.1) is 0 Å². The molecule has 0 aliphatic heterocycles. The quantitative estimate of drug-likeness (QED) is 0.876. The minimum absolute atomic E-state index is 0.195. The molecular weight excluding hydrogens is 236 g/mol. The summed E-state index contributed by atoms with van der Waals surface area (Å²) in [5.74, 6) is 0. The number of hydrogen-bond acceptors (Lipinski definition) is 4. The van der Waals surface area contributed by atoms with Gasteiger partial charge in [0, 0.05) is 12.2 Å². The number of hydrogen-bond donors (Lipinski definition) is 2. The summed E-state index contributed by atoms with van der Waals surface area (Å²) in [7, 11) is 0. The van der Waals surface area contributed by atoms with Crippen LogP contribution in [0.2, 0.25) is 0 Å². The van der Waals surface area contributed by atoms with Crippen molar-refractivity contribution < 1.29 is 4.79 Å². The summed E-state index contributed by atoms with van der Waals surface area (Å²) in [6.07, 6.45) is 1.72. The van der Waals surface area contributed by atoms with Gasteiger partial charge < -0.3 is 10.6 Å². The highest BCUT2D eigenvalue weighted by atomic mass is 32.1. The second kappa shape index (κ2) is 5.40. The van der Waals surface area contributed by atoms with Crippen LogP contribution in [0.4, 0.5) is 10.5 Å². The highest BCUT2D eigenvalue weighted by Crippen LogP contribution is 2.23. The van der Waals surface area contributed by atoms with E-state index >= 15 is 0 Å². The van der Waals surface area contributed by atoms with Crippen LogP contribution in [0.1, 0.15) is 6.92 Å². The van der Waals surface area contributed by atoms with Crippen LogP contribution in [-0.4, -0.2) is 22.2 Å². The lowest BCUT2D eigenvalue weighted by Gasteiger charge is -2.05. The minimum atomic E-state index is -0.195. The van der Waals surface area contributed by atoms with Gasteiger partial charge in [-0.25, -0.2) is 4.79 Å². The smallest absolute Gasteiger partial charge is 0.319 e. The molecule has 0 atom stereocenters. The normalized spacial score (nSPS) is 9.94. The van der Waals surface area contributed by atoms with Crippen molar-refractivity contribution in [1.82, 2.24) is 14.9 Å². The predicted molar refractivity (Wildman–Crippen MR) is 68.0 cm³/mol. The number of urea groups is 1. The first kappa shape index (κ1) is 11.5. The van der Waals surface area contributed by atoms with Crippen LogP contribution in [-0.2, 0) is 0 Å². The number of carbonyl (C=O) groups excluding carboxylic acids is 1. The number of anilines is 1. The van der Waals surface area contributed by atoms with Crippen molar-refractivity contribution in [2.75, 3.05) is 11.9 Å². The third-order valence-corrected chi connectivity index (χ3v) is 2.84. The highest BCUT2D eigenvalue weighted by Gasteiger charge is 2.02. The second-order valence-electron chi connectivity index (χ2n) is 3.34. The van der Waals surface area contributed by atoms with Gasteiger partial charge in [0.25, 0.3) is 0 Å². The van der Waals surface area contributed by atoms with Crippen molar-refractivity contribution in [1.29, 1.82) is 0 Å². The van der Waals surface area contributed by atoms with Gasteiger partial charge in [-0.1, -0.05) is 16.6 Å². The highest BCUT2D eigenvalue weighted by molar-refractivity contribution is 7.09. The van der Waals surface area contributed by atoms with E-state index in [2.05, 4.69) is 20.2 Å². The van der Waals surface area contributed by atoms with E-state index in [1.54, 1.807) is 6.20 Å². The zero-order valence-electron chi connectivity index (χ0n) is 9.30. The summed E-state index contributed by atoms with van der Waals surface area (Å²) in [6, 6.07) is 7.36. The van der Waals surface area contributed by atoms with Crippen LogP contribution in [0.3, 0.4) is 0 Å². The van der Waals surface area contributed by atoms with Gasteiger partial charge in [-0.3, -0.25) is 0 Å². The van der Waals surface area contributed by atoms with Crippen molar-refractivity contribution in [3.63, 3.8) is 0 Å². The summed E-state index contributed by atoms with van der Waals surface area (Å²) < 4.78 is 3.81. The molecule has 1 heterocycles. The van der Waals surface area contributed by atoms with Gasteiger partial charge in [0.05, 0.1) is 11.1 Å². The molecule has 0 bridgehead atoms. The van der Waals surface area contributed by atoms with Crippen molar-refractivity contribution in [3.05, 3.63) is 30.5 Å². The van der Waals surface area contributed by atoms with Crippen molar-refractivity contribution in [2.24, 2.45) is 0 Å². The zero-order valence-corrected chi connectivity index (χ0v) is 10.1. The Labute approximate surface area is 103 Å². The molecule has 17 heavy (non-hydrogen) atoms. The molecule has 2 amide bonds. The number of nitrogens with one attached hydrogen (secondary N) is 2. The number of rotatable bonds is 3. The molecular formula is C11H12N4OS. The Morgan fingerprint density at radius 3 is 2.71 bits per heavy atom. The molecule has 2 aromatic rings. The van der Waals surface area contributed by atoms with Crippen molar-refractivity contribution in [3.8, 4) is 10.4 Å². The van der Waals surface area contributed by atoms with Crippen LogP contribution in [0.25, 0.3) is 10.4 Å². The van der Waals surface area contributed by atoms with Crippen LogP contribution in [0.5, 0.6) is 0 Å². The summed E-state index contributed by atoms with van der Waals surface area (Å²) in [4.78, 5) is 12.3. The molecule has 0 saturated carbocycles. The molecule has 0 aliphatic rings. The average molecular weight is 248 g/mol. The van der Waals surface area contributed by atoms with Crippen molar-refractivity contribution >= 4 is 23.3 Å². The third kappa shape index (κ3) is 3.01. The first-order valence-electron chi connectivity index (χ1n) is 5.22. The number of benzene rings is 1. The van der Waals surface area contributed by atoms with E-state index in [0.29, 0.717) is 6.54 Å². The predicted octanol–water partition coefficient (Wildman–Crippen LogP) is 2.35. The molecule has 0 aliphatic carbocycles. The first-order valence-corrected chi connectivity index (χ1v) is 5.99. The van der Waals surface area contributed by atoms with Gasteiger partial charge in [-0.15, -0.1) is 5.10 Å². The molecule has 2 N–H and O–H groups in total. The molecule has 1 aromatic carbocycles. The number of nitrogens with zero attached hydrogens (tertiary/aromatic N) is 2. The molecule has 0 radical (unpaired) electrons. The van der Waals surface area contributed by atoms with Gasteiger partial charge in [0.15, 0.2) is 0 Å². The molecule has 6 heteroatoms. The Balaban J connectivity index is 2.06. The van der Waals surface area contributed by atoms with Crippen LogP contribution in [0.15, 0.2) is 30.5 Å². The number of amides is 2. The van der Waals surface area contributed by atoms with E-state index in [1.807, 2.05) is 31.2 Å². The maximum Gasteiger partial charge on any atom is 0.319 e. The molecule has 0 fully saturated rings. The van der Waals surface area contributed by atoms with Gasteiger partial charge in [-0.05, 0) is 36.2 Å². The topological polar surface area (TPSA) is 66.9 Å². The molecule has 2 rings (SSSR count). The van der Waals surface area contributed by atoms with Gasteiger partial charge in [-0.2, -0.15) is 0 Å². The molecule has 5 nitrogen and oxygen atoms in total. The monoisotopic (exact) mass is 248 g/mol. The Bertz CT molecular complexity index is 481. The largest absolute Gasteiger partial charge is 0.338 e. The average Bonchev–Trinajstić information content (AvgIpc) is 2.84. The lowest BCUT2D eigenvalue weighted by molar-refractivity contribution is 0.252. The van der Waals surface area contributed by atoms with Crippen molar-refractivity contribution in [2.45, 2.75) is 6.92 Å². The van der Waals surface area contributed by atoms with Crippen LogP contribution < -0.4 is 10.6 Å². The minimum Gasteiger partial charge on any atom is -0.338 e. The van der Waals surface area contributed by atoms with E-state index in [0.717, 1.165) is 16.1 Å². The van der Waals surface area contributed by atoms with Crippen LogP contribution >= 0.6 is 11.5 Å². The summed E-state index contributed by atoms with van der Waals surface area (Å²) in [5.41, 5.74) is 1.80.